The van der Waals surface area contributed by atoms with Crippen LogP contribution in [0.2, 0.25) is 0 Å². The number of carbonyl (C=O) groups excluding carboxylic acids is 2. The molecule has 1 fully saturated rings. The number of rotatable bonds is 10. The third-order valence-corrected chi connectivity index (χ3v) is 8.21. The van der Waals surface area contributed by atoms with Gasteiger partial charge in [0.25, 0.3) is 5.91 Å². The van der Waals surface area contributed by atoms with Crippen LogP contribution in [0.3, 0.4) is 0 Å². The first kappa shape index (κ1) is 37.5. The maximum Gasteiger partial charge on any atom is 0.308 e. The topological polar surface area (TPSA) is 78.8 Å². The lowest BCUT2D eigenvalue weighted by molar-refractivity contribution is -0.301. The number of nitrogens with one attached hydrogen (secondary N) is 1. The lowest BCUT2D eigenvalue weighted by Crippen LogP contribution is -2.46. The molecule has 262 valence electrons. The van der Waals surface area contributed by atoms with Gasteiger partial charge in [0, 0.05) is 29.9 Å². The molecule has 5 rings (SSSR count). The molecular formula is C41H51FN2O5. The minimum Gasteiger partial charge on any atom is -0.460 e. The van der Waals surface area contributed by atoms with E-state index in [4.69, 9.17) is 14.2 Å². The molecular weight excluding hydrogens is 619 g/mol. The summed E-state index contributed by atoms with van der Waals surface area (Å²) in [6, 6.07) is 25.7. The van der Waals surface area contributed by atoms with Gasteiger partial charge >= 0.3 is 5.97 Å². The SMILES string of the molecule is C.CC(C)c1c(C(=O)Nc2ccccc2)c(-c2ccccc2)c(-c2ccc(F)cc2)n1CC[C@@H]1C[C@H](CC(=O)OC(C)(C)C)OC(C)(C)O1. The van der Waals surface area contributed by atoms with E-state index in [1.807, 2.05) is 95.3 Å². The zero-order valence-electron chi connectivity index (χ0n) is 29.0. The monoisotopic (exact) mass is 670 g/mol. The van der Waals surface area contributed by atoms with Crippen molar-refractivity contribution in [3.8, 4) is 22.4 Å². The Balaban J connectivity index is 0.00000541. The molecule has 4 aromatic rings. The van der Waals surface area contributed by atoms with Gasteiger partial charge in [-0.15, -0.1) is 0 Å². The molecule has 1 amide bonds. The van der Waals surface area contributed by atoms with E-state index >= 15 is 0 Å². The van der Waals surface area contributed by atoms with E-state index in [-0.39, 0.29) is 49.7 Å². The van der Waals surface area contributed by atoms with Gasteiger partial charge < -0.3 is 24.1 Å². The van der Waals surface area contributed by atoms with E-state index in [9.17, 15) is 14.0 Å². The molecule has 1 aliphatic heterocycles. The number of carbonyl (C=O) groups is 2. The molecule has 0 saturated carbocycles. The molecule has 0 bridgehead atoms. The van der Waals surface area contributed by atoms with Gasteiger partial charge in [-0.2, -0.15) is 0 Å². The average Bonchev–Trinajstić information content (AvgIpc) is 3.35. The summed E-state index contributed by atoms with van der Waals surface area (Å²) in [6.07, 6.45) is 0.635. The highest BCUT2D eigenvalue weighted by Gasteiger charge is 2.38. The normalized spacial score (nSPS) is 17.3. The first-order chi connectivity index (χ1) is 22.7. The first-order valence-corrected chi connectivity index (χ1v) is 16.7. The molecule has 1 N–H and O–H groups in total. The average molecular weight is 671 g/mol. The Hall–Kier alpha value is -4.27. The number of para-hydroxylation sites is 1. The first-order valence-electron chi connectivity index (χ1n) is 16.7. The van der Waals surface area contributed by atoms with E-state index in [1.165, 1.54) is 12.1 Å². The number of hydrogen-bond acceptors (Lipinski definition) is 5. The van der Waals surface area contributed by atoms with Crippen LogP contribution in [0.25, 0.3) is 22.4 Å². The lowest BCUT2D eigenvalue weighted by Gasteiger charge is -2.41. The summed E-state index contributed by atoms with van der Waals surface area (Å²) in [4.78, 5) is 27.1. The zero-order valence-corrected chi connectivity index (χ0v) is 29.0. The van der Waals surface area contributed by atoms with Gasteiger partial charge in [0.1, 0.15) is 11.4 Å². The summed E-state index contributed by atoms with van der Waals surface area (Å²) in [5, 5.41) is 3.12. The maximum atomic E-state index is 14.4. The van der Waals surface area contributed by atoms with Gasteiger partial charge in [0.2, 0.25) is 0 Å². The predicted molar refractivity (Wildman–Crippen MR) is 194 cm³/mol. The molecule has 2 atom stereocenters. The fourth-order valence-corrected chi connectivity index (χ4v) is 6.57. The summed E-state index contributed by atoms with van der Waals surface area (Å²) >= 11 is 0. The molecule has 1 aliphatic rings. The quantitative estimate of drug-likeness (QED) is 0.170. The van der Waals surface area contributed by atoms with Gasteiger partial charge in [-0.05, 0) is 94.5 Å². The third kappa shape index (κ3) is 9.46. The van der Waals surface area contributed by atoms with Crippen molar-refractivity contribution < 1.29 is 28.2 Å². The number of nitrogens with zero attached hydrogens (tertiary/aromatic N) is 1. The van der Waals surface area contributed by atoms with Gasteiger partial charge in [-0.3, -0.25) is 9.59 Å². The Morgan fingerprint density at radius 1 is 0.918 bits per heavy atom. The summed E-state index contributed by atoms with van der Waals surface area (Å²) in [7, 11) is 0. The Labute approximate surface area is 290 Å². The number of benzene rings is 3. The summed E-state index contributed by atoms with van der Waals surface area (Å²) in [6.45, 7) is 13.9. The predicted octanol–water partition coefficient (Wildman–Crippen LogP) is 10.0. The van der Waals surface area contributed by atoms with E-state index in [2.05, 4.69) is 23.7 Å². The Bertz CT molecular complexity index is 1710. The number of hydrogen-bond donors (Lipinski definition) is 1. The van der Waals surface area contributed by atoms with Gasteiger partial charge in [0.15, 0.2) is 5.79 Å². The van der Waals surface area contributed by atoms with Crippen molar-refractivity contribution in [3.05, 3.63) is 102 Å². The number of ether oxygens (including phenoxy) is 3. The highest BCUT2D eigenvalue weighted by atomic mass is 19.1. The van der Waals surface area contributed by atoms with E-state index in [0.29, 0.717) is 30.6 Å². The summed E-state index contributed by atoms with van der Waals surface area (Å²) in [5.74, 6) is -1.80. The van der Waals surface area contributed by atoms with Crippen LogP contribution >= 0.6 is 0 Å². The van der Waals surface area contributed by atoms with Crippen molar-refractivity contribution in [2.45, 2.75) is 111 Å². The Morgan fingerprint density at radius 2 is 1.51 bits per heavy atom. The van der Waals surface area contributed by atoms with Crippen LogP contribution in [-0.4, -0.2) is 40.0 Å². The number of anilines is 1. The van der Waals surface area contributed by atoms with E-state index in [1.54, 1.807) is 12.1 Å². The molecule has 3 aromatic carbocycles. The highest BCUT2D eigenvalue weighted by Crippen LogP contribution is 2.43. The number of aromatic nitrogens is 1. The molecule has 0 radical (unpaired) electrons. The molecule has 0 unspecified atom stereocenters. The molecule has 49 heavy (non-hydrogen) atoms. The van der Waals surface area contributed by atoms with Crippen molar-refractivity contribution in [1.82, 2.24) is 4.57 Å². The van der Waals surface area contributed by atoms with Crippen molar-refractivity contribution in [2.75, 3.05) is 5.32 Å². The van der Waals surface area contributed by atoms with Crippen LogP contribution in [0.4, 0.5) is 10.1 Å². The molecule has 1 saturated heterocycles. The molecule has 2 heterocycles. The second-order valence-electron chi connectivity index (χ2n) is 14.2. The van der Waals surface area contributed by atoms with Gasteiger partial charge in [0.05, 0.1) is 29.9 Å². The fourth-order valence-electron chi connectivity index (χ4n) is 6.57. The van der Waals surface area contributed by atoms with Crippen LogP contribution in [0.5, 0.6) is 0 Å². The Kier molecular flexibility index (Phi) is 11.9. The number of esters is 1. The van der Waals surface area contributed by atoms with Crippen LogP contribution in [0.1, 0.15) is 97.1 Å². The van der Waals surface area contributed by atoms with Crippen LogP contribution in [0.15, 0.2) is 84.9 Å². The van der Waals surface area contributed by atoms with Gasteiger partial charge in [-0.25, -0.2) is 4.39 Å². The number of amides is 1. The summed E-state index contributed by atoms with van der Waals surface area (Å²) in [5.41, 5.74) is 4.87. The Morgan fingerprint density at radius 3 is 2.10 bits per heavy atom. The molecule has 7 nitrogen and oxygen atoms in total. The third-order valence-electron chi connectivity index (χ3n) is 8.21. The van der Waals surface area contributed by atoms with Crippen molar-refractivity contribution in [2.24, 2.45) is 0 Å². The highest BCUT2D eigenvalue weighted by molar-refractivity contribution is 6.12. The second kappa shape index (κ2) is 15.5. The molecule has 0 aliphatic carbocycles. The standard InChI is InChI=1S/C40H47FN2O5.CH4/c1-26(2)36-35(38(45)42-30-16-12-9-13-17-30)34(27-14-10-8-11-15-27)37(28-18-20-29(41)21-19-28)43(36)23-22-31-24-32(47-40(6,7)46-31)25-33(44)48-39(3,4)5;/h8-21,26,31-32H,22-25H2,1-7H3,(H,42,45);1H4/t31-,32-;/m1./s1. The number of halogens is 1. The van der Waals surface area contributed by atoms with Crippen molar-refractivity contribution in [1.29, 1.82) is 0 Å². The van der Waals surface area contributed by atoms with Crippen LogP contribution in [-0.2, 0) is 25.5 Å². The van der Waals surface area contributed by atoms with Crippen LogP contribution in [0, 0.1) is 5.82 Å². The molecule has 8 heteroatoms. The summed E-state index contributed by atoms with van der Waals surface area (Å²) < 4.78 is 34.6. The van der Waals surface area contributed by atoms with E-state index in [0.717, 1.165) is 28.1 Å². The van der Waals surface area contributed by atoms with Crippen molar-refractivity contribution >= 4 is 17.6 Å². The van der Waals surface area contributed by atoms with Crippen molar-refractivity contribution in [3.63, 3.8) is 0 Å². The molecule has 0 spiro atoms. The second-order valence-corrected chi connectivity index (χ2v) is 14.2. The van der Waals surface area contributed by atoms with Crippen LogP contribution < -0.4 is 5.32 Å². The largest absolute Gasteiger partial charge is 0.460 e. The lowest BCUT2D eigenvalue weighted by atomic mass is 9.94. The van der Waals surface area contributed by atoms with E-state index < -0.39 is 11.4 Å². The smallest absolute Gasteiger partial charge is 0.308 e. The molecule has 1 aromatic heterocycles. The minimum absolute atomic E-state index is 0. The maximum absolute atomic E-state index is 14.4. The fraction of sp³-hybridized carbons (Fsp3) is 0.415. The zero-order chi connectivity index (χ0) is 34.6. The minimum atomic E-state index is -0.900. The van der Waals surface area contributed by atoms with Gasteiger partial charge in [-0.1, -0.05) is 69.8 Å².